The number of allylic oxidation sites excluding steroid dienone is 8. The van der Waals surface area contributed by atoms with E-state index in [0.717, 1.165) is 40.9 Å². The second-order valence-electron chi connectivity index (χ2n) is 15.0. The normalized spacial score (nSPS) is 24.4. The van der Waals surface area contributed by atoms with Crippen molar-refractivity contribution in [3.05, 3.63) is 94.7 Å². The molecule has 20 heteroatoms. The van der Waals surface area contributed by atoms with Gasteiger partial charge in [0.2, 0.25) is 5.69 Å². The number of hydrogen-bond donors (Lipinski definition) is 2. The van der Waals surface area contributed by atoms with E-state index in [9.17, 15) is 54.4 Å². The number of fused-ring (bicyclic) bond motifs is 6. The smallest absolute Gasteiger partial charge is 0.209 e. The third kappa shape index (κ3) is 9.32. The summed E-state index contributed by atoms with van der Waals surface area (Å²) < 4.78 is 111. The number of hydrogen-bond acceptors (Lipinski definition) is 16. The first-order chi connectivity index (χ1) is 26.6. The van der Waals surface area contributed by atoms with Gasteiger partial charge in [-0.3, -0.25) is 5.04 Å². The maximum atomic E-state index is 12.0. The molecule has 6 rings (SSSR count). The highest BCUT2D eigenvalue weighted by Gasteiger charge is 2.52. The maximum Gasteiger partial charge on any atom is 0.209 e. The minimum atomic E-state index is -4.80. The number of aliphatic hydroxyl groups is 2. The third-order valence-corrected chi connectivity index (χ3v) is 14.0. The van der Waals surface area contributed by atoms with E-state index in [1.54, 1.807) is 29.2 Å². The lowest BCUT2D eigenvalue weighted by atomic mass is 9.69. The number of aliphatic hydroxyl groups excluding tert-OH is 2. The summed E-state index contributed by atoms with van der Waals surface area (Å²) in [4.78, 5) is 1.85. The monoisotopic (exact) mass is 865 g/mol. The van der Waals surface area contributed by atoms with Gasteiger partial charge in [0.05, 0.1) is 60.2 Å². The Morgan fingerprint density at radius 1 is 0.877 bits per heavy atom. The second-order valence-corrected chi connectivity index (χ2v) is 20.1. The third-order valence-electron chi connectivity index (χ3n) is 11.0. The van der Waals surface area contributed by atoms with Crippen LogP contribution in [0.5, 0.6) is 0 Å². The molecule has 0 saturated heterocycles. The van der Waals surface area contributed by atoms with Crippen LogP contribution in [0, 0.1) is 0 Å². The lowest BCUT2D eigenvalue weighted by Gasteiger charge is -2.37. The second kappa shape index (κ2) is 16.4. The molecular formula is C37H41N2O14S4-3. The van der Waals surface area contributed by atoms with E-state index in [0.29, 0.717) is 59.6 Å². The van der Waals surface area contributed by atoms with Gasteiger partial charge in [0.25, 0.3) is 0 Å². The molecule has 1 fully saturated rings. The number of nitrogens with zero attached hydrogens (tertiary/aromatic N) is 2. The van der Waals surface area contributed by atoms with Gasteiger partial charge in [-0.1, -0.05) is 30.4 Å². The summed E-state index contributed by atoms with van der Waals surface area (Å²) in [5, 5.41) is 35.4. The molecule has 0 bridgehead atoms. The fraction of sp³-hybridized carbons (Fsp3) is 0.432. The van der Waals surface area contributed by atoms with Crippen LogP contribution >= 0.6 is 12.0 Å². The molecule has 0 amide bonds. The van der Waals surface area contributed by atoms with Gasteiger partial charge in [-0.25, -0.2) is 25.3 Å². The van der Waals surface area contributed by atoms with Gasteiger partial charge in [0.15, 0.2) is 12.3 Å². The molecule has 2 heterocycles. The van der Waals surface area contributed by atoms with Crippen molar-refractivity contribution in [3.63, 3.8) is 0 Å². The minimum absolute atomic E-state index is 0.167. The van der Waals surface area contributed by atoms with Crippen molar-refractivity contribution in [2.24, 2.45) is 0 Å². The van der Waals surface area contributed by atoms with Gasteiger partial charge in [-0.2, -0.15) is 8.91 Å². The van der Waals surface area contributed by atoms with Gasteiger partial charge in [-0.15, -0.1) is 0 Å². The van der Waals surface area contributed by atoms with Gasteiger partial charge in [0, 0.05) is 45.4 Å². The molecule has 2 N–H and O–H groups in total. The first-order valence-corrected chi connectivity index (χ1v) is 23.3. The zero-order valence-corrected chi connectivity index (χ0v) is 34.2. The quantitative estimate of drug-likeness (QED) is 0.0651. The first kappa shape index (κ1) is 43.3. The molecule has 0 radical (unpaired) electrons. The lowest BCUT2D eigenvalue weighted by Crippen LogP contribution is -2.39. The van der Waals surface area contributed by atoms with E-state index in [-0.39, 0.29) is 13.1 Å². The lowest BCUT2D eigenvalue weighted by molar-refractivity contribution is -0.777. The Hall–Kier alpha value is -3.25. The van der Waals surface area contributed by atoms with Crippen LogP contribution in [0.4, 0.5) is 11.4 Å². The Morgan fingerprint density at radius 3 is 2.25 bits per heavy atom. The van der Waals surface area contributed by atoms with Crippen molar-refractivity contribution < 1.29 is 68.3 Å². The summed E-state index contributed by atoms with van der Waals surface area (Å²) in [5.41, 5.74) is 4.44. The highest BCUT2D eigenvalue weighted by atomic mass is 32.2. The number of β-amino-alcohol motifs (C(OH)–C–C–N with tert-alkyl or cyclic N) is 2. The number of benzene rings is 2. The molecule has 0 spiro atoms. The van der Waals surface area contributed by atoms with E-state index < -0.39 is 69.8 Å². The highest BCUT2D eigenvalue weighted by molar-refractivity contribution is 7.94. The average molecular weight is 866 g/mol. The summed E-state index contributed by atoms with van der Waals surface area (Å²) in [5.74, 6) is -2.00. The molecule has 16 nitrogen and oxygen atoms in total. The van der Waals surface area contributed by atoms with E-state index in [4.69, 9.17) is 0 Å². The molecule has 4 atom stereocenters. The Morgan fingerprint density at radius 2 is 1.56 bits per heavy atom. The molecule has 4 aliphatic rings. The predicted molar refractivity (Wildman–Crippen MR) is 203 cm³/mol. The molecule has 310 valence electrons. The SMILES string of the molecule is CC12CCCC(/C=C/C=C/C=C3\CCCC4(C)C3=[N+](CC(O)CS(=O)(=O)[O-])c3ccc(SOO[O-])cc34)=C1N(CC(O)CS(=O)(=O)[O-])c1ccc(S(=O)(=O)[O-])cc12. The van der Waals surface area contributed by atoms with Gasteiger partial charge in [-0.05, 0) is 93.8 Å². The van der Waals surface area contributed by atoms with Crippen LogP contribution in [0.25, 0.3) is 0 Å². The molecule has 2 aliphatic carbocycles. The van der Waals surface area contributed by atoms with Crippen LogP contribution in [0.3, 0.4) is 0 Å². The van der Waals surface area contributed by atoms with Crippen LogP contribution in [-0.2, 0) is 50.6 Å². The summed E-state index contributed by atoms with van der Waals surface area (Å²) in [6, 6.07) is 9.24. The summed E-state index contributed by atoms with van der Waals surface area (Å²) in [7, 11) is -14.3. The highest BCUT2D eigenvalue weighted by Crippen LogP contribution is 2.55. The van der Waals surface area contributed by atoms with Crippen LogP contribution in [0.2, 0.25) is 0 Å². The maximum absolute atomic E-state index is 12.0. The predicted octanol–water partition coefficient (Wildman–Crippen LogP) is 2.43. The van der Waals surface area contributed by atoms with Crippen molar-refractivity contribution in [1.82, 2.24) is 0 Å². The number of rotatable bonds is 15. The summed E-state index contributed by atoms with van der Waals surface area (Å²) in [6.45, 7) is 3.49. The van der Waals surface area contributed by atoms with Gasteiger partial charge < -0.3 is 34.0 Å². The van der Waals surface area contributed by atoms with Crippen molar-refractivity contribution in [2.75, 3.05) is 29.5 Å². The Kier molecular flexibility index (Phi) is 12.5. The molecule has 2 aromatic rings. The van der Waals surface area contributed by atoms with Crippen LogP contribution < -0.4 is 10.2 Å². The Labute approximate surface area is 335 Å². The molecule has 57 heavy (non-hydrogen) atoms. The van der Waals surface area contributed by atoms with Crippen LogP contribution in [-0.4, -0.2) is 96.2 Å². The molecule has 0 aromatic heterocycles. The Balaban J connectivity index is 1.36. The largest absolute Gasteiger partial charge is 0.748 e. The fourth-order valence-corrected chi connectivity index (χ4v) is 11.0. The molecule has 4 unspecified atom stereocenters. The molecular weight excluding hydrogens is 825 g/mol. The summed E-state index contributed by atoms with van der Waals surface area (Å²) in [6.07, 6.45) is 10.2. The van der Waals surface area contributed by atoms with Crippen molar-refractivity contribution in [1.29, 1.82) is 0 Å². The average Bonchev–Trinajstić information content (AvgIpc) is 3.49. The van der Waals surface area contributed by atoms with Gasteiger partial charge in [0.1, 0.15) is 16.2 Å². The Bertz CT molecular complexity index is 2430. The van der Waals surface area contributed by atoms with Gasteiger partial charge >= 0.3 is 0 Å². The van der Waals surface area contributed by atoms with Crippen molar-refractivity contribution >= 4 is 59.5 Å². The fourth-order valence-electron chi connectivity index (χ4n) is 8.91. The van der Waals surface area contributed by atoms with E-state index in [1.165, 1.54) is 18.2 Å². The standard InChI is InChI=1S/C37H44N2O14S4/c1-36-16-6-10-24(34(36)38(20-26(40)22-55(43,44)45)32-14-12-28(18-30(32)36)54-53-52-42)8-4-3-5-9-25-11-7-17-37(2)31-19-29(57(49,50)51)13-15-33(31)39(35(25)37)21-27(41)23-56(46,47)48/h3-5,8-9,12-15,18-19,26-27,40-41H,6-7,10-11,16-17,20-23H2,1-2H3,(H3-,42,43,44,45,46,47,48,49,50,51)/p-3. The molecule has 1 saturated carbocycles. The molecule has 2 aromatic carbocycles. The van der Waals surface area contributed by atoms with E-state index >= 15 is 0 Å². The van der Waals surface area contributed by atoms with Crippen molar-refractivity contribution in [3.8, 4) is 0 Å². The minimum Gasteiger partial charge on any atom is -0.748 e. The first-order valence-electron chi connectivity index (χ1n) is 18.0. The van der Waals surface area contributed by atoms with Crippen LogP contribution in [0.1, 0.15) is 63.5 Å². The van der Waals surface area contributed by atoms with Crippen molar-refractivity contribution in [2.45, 2.75) is 85.2 Å². The zero-order valence-electron chi connectivity index (χ0n) is 30.9. The van der Waals surface area contributed by atoms with E-state index in [2.05, 4.69) is 9.37 Å². The topological polar surface area (TPSA) is 260 Å². The van der Waals surface area contributed by atoms with Crippen LogP contribution in [0.15, 0.2) is 93.4 Å². The summed E-state index contributed by atoms with van der Waals surface area (Å²) >= 11 is 0.729. The number of anilines is 1. The molecule has 2 aliphatic heterocycles. The van der Waals surface area contributed by atoms with E-state index in [1.807, 2.05) is 42.7 Å². The zero-order chi connectivity index (χ0) is 41.6.